The summed E-state index contributed by atoms with van der Waals surface area (Å²) in [6, 6.07) is 21.9. The number of carbonyl (C=O) groups excluding carboxylic acids is 2. The number of nitrogens with one attached hydrogen (secondary N) is 2. The summed E-state index contributed by atoms with van der Waals surface area (Å²) in [5.74, 6) is 0.865. The van der Waals surface area contributed by atoms with Gasteiger partial charge < -0.3 is 21.1 Å². The SMILES string of the molecule is NC(=O)NC(CC(=O)Nc1ccccc1Oc1ccccc1)c1ccc(Cl)cc1. The highest BCUT2D eigenvalue weighted by molar-refractivity contribution is 6.30. The van der Waals surface area contributed by atoms with Gasteiger partial charge in [-0.05, 0) is 42.0 Å². The molecular weight excluding hydrogens is 390 g/mol. The van der Waals surface area contributed by atoms with E-state index >= 15 is 0 Å². The molecule has 0 spiro atoms. The summed E-state index contributed by atoms with van der Waals surface area (Å²) in [5, 5.41) is 5.98. The first-order chi connectivity index (χ1) is 14.0. The van der Waals surface area contributed by atoms with Crippen LogP contribution in [-0.2, 0) is 4.79 Å². The molecule has 3 aromatic carbocycles. The van der Waals surface area contributed by atoms with Crippen LogP contribution in [0.25, 0.3) is 0 Å². The maximum Gasteiger partial charge on any atom is 0.312 e. The van der Waals surface area contributed by atoms with Crippen LogP contribution in [0, 0.1) is 0 Å². The van der Waals surface area contributed by atoms with Crippen LogP contribution in [0.1, 0.15) is 18.0 Å². The Morgan fingerprint density at radius 1 is 0.931 bits per heavy atom. The molecule has 7 heteroatoms. The van der Waals surface area contributed by atoms with Gasteiger partial charge in [-0.3, -0.25) is 4.79 Å². The predicted octanol–water partition coefficient (Wildman–Crippen LogP) is 4.87. The lowest BCUT2D eigenvalue weighted by molar-refractivity contribution is -0.116. The summed E-state index contributed by atoms with van der Waals surface area (Å²) in [4.78, 5) is 24.0. The van der Waals surface area contributed by atoms with E-state index in [-0.39, 0.29) is 12.3 Å². The van der Waals surface area contributed by atoms with Crippen molar-refractivity contribution in [3.63, 3.8) is 0 Å². The molecule has 29 heavy (non-hydrogen) atoms. The first kappa shape index (κ1) is 20.2. The van der Waals surface area contributed by atoms with Crippen LogP contribution >= 0.6 is 11.6 Å². The molecule has 0 aliphatic rings. The number of nitrogens with two attached hydrogens (primary N) is 1. The molecule has 0 saturated heterocycles. The molecule has 6 nitrogen and oxygen atoms in total. The second kappa shape index (κ2) is 9.61. The van der Waals surface area contributed by atoms with Crippen LogP contribution in [0.5, 0.6) is 11.5 Å². The zero-order chi connectivity index (χ0) is 20.6. The summed E-state index contributed by atoms with van der Waals surface area (Å²) >= 11 is 5.91. The van der Waals surface area contributed by atoms with Gasteiger partial charge in [0.15, 0.2) is 5.75 Å². The van der Waals surface area contributed by atoms with E-state index in [1.165, 1.54) is 0 Å². The van der Waals surface area contributed by atoms with E-state index < -0.39 is 12.1 Å². The smallest absolute Gasteiger partial charge is 0.312 e. The molecular formula is C22H20ClN3O3. The minimum absolute atomic E-state index is 0.00968. The highest BCUT2D eigenvalue weighted by atomic mass is 35.5. The van der Waals surface area contributed by atoms with E-state index in [4.69, 9.17) is 22.1 Å². The number of ether oxygens (including phenoxy) is 1. The third-order valence-corrected chi connectivity index (χ3v) is 4.36. The number of carbonyl (C=O) groups is 2. The van der Waals surface area contributed by atoms with Crippen molar-refractivity contribution in [2.45, 2.75) is 12.5 Å². The van der Waals surface area contributed by atoms with Crippen LogP contribution < -0.4 is 21.1 Å². The van der Waals surface area contributed by atoms with Gasteiger partial charge in [-0.2, -0.15) is 0 Å². The maximum atomic E-state index is 12.7. The van der Waals surface area contributed by atoms with Crippen LogP contribution in [0.3, 0.4) is 0 Å². The van der Waals surface area contributed by atoms with Gasteiger partial charge in [-0.25, -0.2) is 4.79 Å². The van der Waals surface area contributed by atoms with E-state index in [0.29, 0.717) is 22.2 Å². The number of halogens is 1. The highest BCUT2D eigenvalue weighted by Crippen LogP contribution is 2.29. The Morgan fingerprint density at radius 3 is 2.28 bits per heavy atom. The van der Waals surface area contributed by atoms with Crippen molar-refractivity contribution in [3.05, 3.63) is 89.4 Å². The van der Waals surface area contributed by atoms with Gasteiger partial charge >= 0.3 is 6.03 Å². The Hall–Kier alpha value is -3.51. The number of hydrogen-bond donors (Lipinski definition) is 3. The number of amides is 3. The molecule has 3 aromatic rings. The molecule has 0 bridgehead atoms. The molecule has 0 saturated carbocycles. The number of anilines is 1. The number of urea groups is 1. The quantitative estimate of drug-likeness (QED) is 0.519. The van der Waals surface area contributed by atoms with Gasteiger partial charge in [0.25, 0.3) is 0 Å². The summed E-state index contributed by atoms with van der Waals surface area (Å²) in [5.41, 5.74) is 6.51. The Morgan fingerprint density at radius 2 is 1.59 bits per heavy atom. The largest absolute Gasteiger partial charge is 0.455 e. The van der Waals surface area contributed by atoms with Crippen molar-refractivity contribution in [1.29, 1.82) is 0 Å². The Balaban J connectivity index is 1.73. The minimum atomic E-state index is -0.717. The molecule has 3 rings (SSSR count). The fourth-order valence-corrected chi connectivity index (χ4v) is 2.91. The number of benzene rings is 3. The molecule has 0 heterocycles. The van der Waals surface area contributed by atoms with E-state index in [9.17, 15) is 9.59 Å². The third kappa shape index (κ3) is 5.99. The first-order valence-corrected chi connectivity index (χ1v) is 9.32. The highest BCUT2D eigenvalue weighted by Gasteiger charge is 2.18. The topological polar surface area (TPSA) is 93.5 Å². The van der Waals surface area contributed by atoms with E-state index in [1.807, 2.05) is 36.4 Å². The fraction of sp³-hybridized carbons (Fsp3) is 0.0909. The molecule has 0 aromatic heterocycles. The molecule has 1 unspecified atom stereocenters. The lowest BCUT2D eigenvalue weighted by Crippen LogP contribution is -2.35. The van der Waals surface area contributed by atoms with Crippen LogP contribution in [0.4, 0.5) is 10.5 Å². The average Bonchev–Trinajstić information content (AvgIpc) is 2.70. The van der Waals surface area contributed by atoms with Crippen molar-refractivity contribution in [2.24, 2.45) is 5.73 Å². The molecule has 3 amide bonds. The van der Waals surface area contributed by atoms with Gasteiger partial charge in [-0.15, -0.1) is 0 Å². The van der Waals surface area contributed by atoms with Crippen molar-refractivity contribution in [2.75, 3.05) is 5.32 Å². The van der Waals surface area contributed by atoms with Crippen LogP contribution in [0.15, 0.2) is 78.9 Å². The first-order valence-electron chi connectivity index (χ1n) is 8.94. The monoisotopic (exact) mass is 409 g/mol. The van der Waals surface area contributed by atoms with Gasteiger partial charge in [0, 0.05) is 5.02 Å². The Kier molecular flexibility index (Phi) is 6.71. The number of para-hydroxylation sites is 3. The summed E-state index contributed by atoms with van der Waals surface area (Å²) < 4.78 is 5.86. The van der Waals surface area contributed by atoms with Gasteiger partial charge in [0.05, 0.1) is 18.2 Å². The Labute approximate surface area is 173 Å². The zero-order valence-corrected chi connectivity index (χ0v) is 16.2. The molecule has 0 aliphatic carbocycles. The Bertz CT molecular complexity index is 978. The number of hydrogen-bond acceptors (Lipinski definition) is 3. The third-order valence-electron chi connectivity index (χ3n) is 4.11. The fourth-order valence-electron chi connectivity index (χ4n) is 2.78. The molecule has 148 valence electrons. The molecule has 0 radical (unpaired) electrons. The van der Waals surface area contributed by atoms with Gasteiger partial charge in [-0.1, -0.05) is 54.1 Å². The number of rotatable bonds is 7. The second-order valence-electron chi connectivity index (χ2n) is 6.28. The molecule has 0 fully saturated rings. The van der Waals surface area contributed by atoms with Crippen molar-refractivity contribution < 1.29 is 14.3 Å². The van der Waals surface area contributed by atoms with E-state index in [0.717, 1.165) is 5.56 Å². The maximum absolute atomic E-state index is 12.7. The van der Waals surface area contributed by atoms with Crippen LogP contribution in [-0.4, -0.2) is 11.9 Å². The van der Waals surface area contributed by atoms with Crippen molar-refractivity contribution >= 4 is 29.2 Å². The number of primary amides is 1. The molecule has 0 aliphatic heterocycles. The lowest BCUT2D eigenvalue weighted by Gasteiger charge is -2.18. The van der Waals surface area contributed by atoms with E-state index in [1.54, 1.807) is 42.5 Å². The standard InChI is InChI=1S/C22H20ClN3O3/c23-16-12-10-15(11-13-16)19(26-22(24)28)14-21(27)25-18-8-4-5-9-20(18)29-17-6-2-1-3-7-17/h1-13,19H,14H2,(H,25,27)(H3,24,26,28). The van der Waals surface area contributed by atoms with Gasteiger partial charge in [0.2, 0.25) is 5.91 Å². The summed E-state index contributed by atoms with van der Waals surface area (Å²) in [6.07, 6.45) is -0.00968. The minimum Gasteiger partial charge on any atom is -0.455 e. The zero-order valence-electron chi connectivity index (χ0n) is 15.5. The van der Waals surface area contributed by atoms with Crippen LogP contribution in [0.2, 0.25) is 5.02 Å². The average molecular weight is 410 g/mol. The summed E-state index contributed by atoms with van der Waals surface area (Å²) in [6.45, 7) is 0. The van der Waals surface area contributed by atoms with Gasteiger partial charge in [0.1, 0.15) is 5.75 Å². The van der Waals surface area contributed by atoms with Crippen molar-refractivity contribution in [3.8, 4) is 11.5 Å². The second-order valence-corrected chi connectivity index (χ2v) is 6.71. The van der Waals surface area contributed by atoms with Crippen molar-refractivity contribution in [1.82, 2.24) is 5.32 Å². The normalized spacial score (nSPS) is 11.3. The van der Waals surface area contributed by atoms with E-state index in [2.05, 4.69) is 10.6 Å². The summed E-state index contributed by atoms with van der Waals surface area (Å²) in [7, 11) is 0. The lowest BCUT2D eigenvalue weighted by atomic mass is 10.0. The molecule has 1 atom stereocenters. The predicted molar refractivity (Wildman–Crippen MR) is 113 cm³/mol. The molecule has 4 N–H and O–H groups in total.